The number of rotatable bonds is 3. The van der Waals surface area contributed by atoms with Crippen molar-refractivity contribution in [3.63, 3.8) is 0 Å². The molecule has 0 aliphatic rings. The molecule has 2 rings (SSSR count). The summed E-state index contributed by atoms with van der Waals surface area (Å²) in [6.45, 7) is 0. The number of carbonyl (C=O) groups excluding carboxylic acids is 1. The molecule has 2 aromatic rings. The molecule has 7 heteroatoms. The van der Waals surface area contributed by atoms with Crippen LogP contribution >= 0.6 is 11.6 Å². The normalized spacial score (nSPS) is 10.2. The zero-order chi connectivity index (χ0) is 14.0. The van der Waals surface area contributed by atoms with Crippen LogP contribution in [0, 0.1) is 5.82 Å². The zero-order valence-electron chi connectivity index (χ0n) is 9.65. The van der Waals surface area contributed by atoms with E-state index in [9.17, 15) is 9.18 Å². The Morgan fingerprint density at radius 1 is 1.42 bits per heavy atom. The number of aromatic nitrogens is 1. The van der Waals surface area contributed by atoms with Gasteiger partial charge in [0.2, 0.25) is 0 Å². The maximum Gasteiger partial charge on any atom is 0.250 e. The minimum Gasteiger partial charge on any atom is -0.397 e. The van der Waals surface area contributed by atoms with Gasteiger partial charge in [-0.05, 0) is 18.2 Å². The van der Waals surface area contributed by atoms with Crippen LogP contribution in [0.25, 0.3) is 0 Å². The lowest BCUT2D eigenvalue weighted by Gasteiger charge is -2.09. The van der Waals surface area contributed by atoms with E-state index in [2.05, 4.69) is 10.3 Å². The molecule has 1 aromatic heterocycles. The number of pyridine rings is 1. The number of primary amides is 1. The van der Waals surface area contributed by atoms with Crippen molar-refractivity contribution in [3.8, 4) is 0 Å². The molecule has 0 bridgehead atoms. The predicted octanol–water partition coefficient (Wildman–Crippen LogP) is 2.30. The SMILES string of the molecule is NC(=O)c1cc(Nc2cccc(Cl)c2F)ncc1N. The Balaban J connectivity index is 2.36. The second-order valence-corrected chi connectivity index (χ2v) is 4.15. The molecule has 1 heterocycles. The van der Waals surface area contributed by atoms with Gasteiger partial charge in [0.1, 0.15) is 5.82 Å². The third kappa shape index (κ3) is 2.74. The number of nitrogens with zero attached hydrogens (tertiary/aromatic N) is 1. The van der Waals surface area contributed by atoms with E-state index < -0.39 is 11.7 Å². The molecule has 0 aliphatic heterocycles. The molecular weight excluding hydrogens is 271 g/mol. The first-order valence-electron chi connectivity index (χ1n) is 5.25. The fourth-order valence-corrected chi connectivity index (χ4v) is 1.66. The summed E-state index contributed by atoms with van der Waals surface area (Å²) in [5.74, 6) is -1.05. The average Bonchev–Trinajstić information content (AvgIpc) is 2.37. The first-order chi connectivity index (χ1) is 8.99. The number of anilines is 3. The largest absolute Gasteiger partial charge is 0.397 e. The topological polar surface area (TPSA) is 94.0 Å². The fourth-order valence-electron chi connectivity index (χ4n) is 1.49. The monoisotopic (exact) mass is 280 g/mol. The van der Waals surface area contributed by atoms with Gasteiger partial charge in [-0.15, -0.1) is 0 Å². The number of nitrogens with one attached hydrogen (secondary N) is 1. The van der Waals surface area contributed by atoms with Gasteiger partial charge in [0.25, 0.3) is 5.91 Å². The van der Waals surface area contributed by atoms with Crippen LogP contribution in [0.3, 0.4) is 0 Å². The van der Waals surface area contributed by atoms with Crippen LogP contribution in [0.4, 0.5) is 21.6 Å². The minimum atomic E-state index is -0.686. The summed E-state index contributed by atoms with van der Waals surface area (Å²) < 4.78 is 13.7. The van der Waals surface area contributed by atoms with Crippen molar-refractivity contribution < 1.29 is 9.18 Å². The molecule has 0 saturated carbocycles. The van der Waals surface area contributed by atoms with Crippen molar-refractivity contribution in [1.82, 2.24) is 4.98 Å². The molecular formula is C12H10ClFN4O. The van der Waals surface area contributed by atoms with Crippen LogP contribution in [0.2, 0.25) is 5.02 Å². The van der Waals surface area contributed by atoms with E-state index in [-0.39, 0.29) is 27.8 Å². The number of benzene rings is 1. The van der Waals surface area contributed by atoms with E-state index in [0.29, 0.717) is 0 Å². The first-order valence-corrected chi connectivity index (χ1v) is 5.63. The van der Waals surface area contributed by atoms with Crippen molar-refractivity contribution >= 4 is 34.7 Å². The molecule has 5 nitrogen and oxygen atoms in total. The van der Waals surface area contributed by atoms with E-state index in [0.717, 1.165) is 0 Å². The van der Waals surface area contributed by atoms with E-state index in [1.165, 1.54) is 24.4 Å². The molecule has 1 aromatic carbocycles. The summed E-state index contributed by atoms with van der Waals surface area (Å²) >= 11 is 5.66. The highest BCUT2D eigenvalue weighted by Gasteiger charge is 2.10. The highest BCUT2D eigenvalue weighted by Crippen LogP contribution is 2.25. The molecule has 0 saturated heterocycles. The third-order valence-corrected chi connectivity index (χ3v) is 2.71. The molecule has 0 fully saturated rings. The Morgan fingerprint density at radius 3 is 2.84 bits per heavy atom. The number of amides is 1. The predicted molar refractivity (Wildman–Crippen MR) is 71.9 cm³/mol. The molecule has 0 unspecified atom stereocenters. The molecule has 1 amide bonds. The number of hydrogen-bond donors (Lipinski definition) is 3. The quantitative estimate of drug-likeness (QED) is 0.804. The molecule has 5 N–H and O–H groups in total. The standard InChI is InChI=1S/C12H10ClFN4O/c13-7-2-1-3-9(11(7)14)18-10-4-6(12(16)19)8(15)5-17-10/h1-5H,15H2,(H2,16,19)(H,17,18). The van der Waals surface area contributed by atoms with E-state index in [1.807, 2.05) is 0 Å². The number of nitrogens with two attached hydrogens (primary N) is 2. The van der Waals surface area contributed by atoms with E-state index in [4.69, 9.17) is 23.1 Å². The number of hydrogen-bond acceptors (Lipinski definition) is 4. The fraction of sp³-hybridized carbons (Fsp3) is 0. The van der Waals surface area contributed by atoms with Gasteiger partial charge in [-0.1, -0.05) is 17.7 Å². The lowest BCUT2D eigenvalue weighted by atomic mass is 10.2. The second-order valence-electron chi connectivity index (χ2n) is 3.75. The van der Waals surface area contributed by atoms with Crippen molar-refractivity contribution in [2.75, 3.05) is 11.1 Å². The van der Waals surface area contributed by atoms with Crippen molar-refractivity contribution in [2.45, 2.75) is 0 Å². The summed E-state index contributed by atoms with van der Waals surface area (Å²) in [6, 6.07) is 5.84. The lowest BCUT2D eigenvalue weighted by Crippen LogP contribution is -2.14. The minimum absolute atomic E-state index is 0.0180. The van der Waals surface area contributed by atoms with Crippen LogP contribution in [0.15, 0.2) is 30.5 Å². The lowest BCUT2D eigenvalue weighted by molar-refractivity contribution is 0.100. The highest BCUT2D eigenvalue weighted by atomic mass is 35.5. The third-order valence-electron chi connectivity index (χ3n) is 2.41. The van der Waals surface area contributed by atoms with E-state index in [1.54, 1.807) is 6.07 Å². The Morgan fingerprint density at radius 2 is 2.16 bits per heavy atom. The molecule has 0 spiro atoms. The maximum absolute atomic E-state index is 13.7. The van der Waals surface area contributed by atoms with Gasteiger partial charge < -0.3 is 16.8 Å². The first kappa shape index (κ1) is 13.1. The number of nitrogen functional groups attached to an aromatic ring is 1. The van der Waals surface area contributed by atoms with Crippen LogP contribution in [-0.4, -0.2) is 10.9 Å². The van der Waals surface area contributed by atoms with Crippen LogP contribution in [-0.2, 0) is 0 Å². The molecule has 0 aliphatic carbocycles. The summed E-state index contributed by atoms with van der Waals surface area (Å²) in [5.41, 5.74) is 11.1. The summed E-state index contributed by atoms with van der Waals surface area (Å²) in [5, 5.41) is 2.68. The maximum atomic E-state index is 13.7. The van der Waals surface area contributed by atoms with Crippen LogP contribution in [0.5, 0.6) is 0 Å². The van der Waals surface area contributed by atoms with Gasteiger partial charge in [-0.2, -0.15) is 0 Å². The van der Waals surface area contributed by atoms with Crippen molar-refractivity contribution in [2.24, 2.45) is 5.73 Å². The molecule has 98 valence electrons. The van der Waals surface area contributed by atoms with Crippen LogP contribution < -0.4 is 16.8 Å². The smallest absolute Gasteiger partial charge is 0.250 e. The van der Waals surface area contributed by atoms with E-state index >= 15 is 0 Å². The summed E-state index contributed by atoms with van der Waals surface area (Å²) in [6.07, 6.45) is 1.27. The van der Waals surface area contributed by atoms with Crippen molar-refractivity contribution in [1.29, 1.82) is 0 Å². The molecule has 0 atom stereocenters. The Kier molecular flexibility index (Phi) is 3.52. The molecule has 0 radical (unpaired) electrons. The van der Waals surface area contributed by atoms with Gasteiger partial charge in [-0.3, -0.25) is 4.79 Å². The van der Waals surface area contributed by atoms with Gasteiger partial charge in [0.15, 0.2) is 5.82 Å². The van der Waals surface area contributed by atoms with Crippen molar-refractivity contribution in [3.05, 3.63) is 46.9 Å². The number of halogens is 2. The van der Waals surface area contributed by atoms with Gasteiger partial charge >= 0.3 is 0 Å². The Hall–Kier alpha value is -2.34. The zero-order valence-corrected chi connectivity index (χ0v) is 10.4. The van der Waals surface area contributed by atoms with Gasteiger partial charge in [0.05, 0.1) is 28.2 Å². The average molecular weight is 281 g/mol. The summed E-state index contributed by atoms with van der Waals surface area (Å²) in [7, 11) is 0. The number of carbonyl (C=O) groups is 1. The summed E-state index contributed by atoms with van der Waals surface area (Å²) in [4.78, 5) is 15.1. The highest BCUT2D eigenvalue weighted by molar-refractivity contribution is 6.31. The Labute approximate surface area is 113 Å². The molecule has 19 heavy (non-hydrogen) atoms. The van der Waals surface area contributed by atoms with Gasteiger partial charge in [0, 0.05) is 0 Å². The van der Waals surface area contributed by atoms with Gasteiger partial charge in [-0.25, -0.2) is 9.37 Å². The second kappa shape index (κ2) is 5.11. The Bertz CT molecular complexity index is 648. The van der Waals surface area contributed by atoms with Crippen LogP contribution in [0.1, 0.15) is 10.4 Å².